The first kappa shape index (κ1) is 12.6. The van der Waals surface area contributed by atoms with E-state index in [4.69, 9.17) is 0 Å². The Balaban J connectivity index is 1.53. The van der Waals surface area contributed by atoms with Crippen molar-refractivity contribution in [3.63, 3.8) is 0 Å². The molecule has 4 rings (SSSR count). The standard InChI is InChI=1S/C17H19N3O/c1-11(19-17(21)20-9-13-8-14(13)10-20)15-6-2-4-12-5-3-7-18-16(12)15/h2-7,11,13-14H,8-10H2,1H3,(H,19,21). The molecule has 21 heavy (non-hydrogen) atoms. The summed E-state index contributed by atoms with van der Waals surface area (Å²) in [6.45, 7) is 3.88. The molecule has 2 aromatic rings. The number of hydrogen-bond donors (Lipinski definition) is 1. The molecule has 2 aliphatic rings. The van der Waals surface area contributed by atoms with E-state index in [0.29, 0.717) is 0 Å². The molecular weight excluding hydrogens is 262 g/mol. The van der Waals surface area contributed by atoms with Crippen molar-refractivity contribution in [1.82, 2.24) is 15.2 Å². The van der Waals surface area contributed by atoms with Gasteiger partial charge in [0.25, 0.3) is 0 Å². The lowest BCUT2D eigenvalue weighted by molar-refractivity contribution is 0.200. The van der Waals surface area contributed by atoms with Crippen LogP contribution < -0.4 is 5.32 Å². The van der Waals surface area contributed by atoms with Crippen LogP contribution in [0.5, 0.6) is 0 Å². The van der Waals surface area contributed by atoms with Crippen LogP contribution in [0.1, 0.15) is 24.9 Å². The largest absolute Gasteiger partial charge is 0.331 e. The summed E-state index contributed by atoms with van der Waals surface area (Å²) in [4.78, 5) is 18.7. The van der Waals surface area contributed by atoms with Crippen LogP contribution in [0.3, 0.4) is 0 Å². The number of piperidine rings is 1. The summed E-state index contributed by atoms with van der Waals surface area (Å²) in [5.41, 5.74) is 2.04. The van der Waals surface area contributed by atoms with Crippen LogP contribution in [-0.2, 0) is 0 Å². The van der Waals surface area contributed by atoms with E-state index in [0.717, 1.165) is 41.4 Å². The SMILES string of the molecule is CC(NC(=O)N1CC2CC2C1)c1cccc2cccnc12. The zero-order valence-electron chi connectivity index (χ0n) is 12.1. The fourth-order valence-electron chi connectivity index (χ4n) is 3.40. The summed E-state index contributed by atoms with van der Waals surface area (Å²) < 4.78 is 0. The molecule has 1 aliphatic heterocycles. The van der Waals surface area contributed by atoms with Gasteiger partial charge in [-0.25, -0.2) is 4.79 Å². The number of para-hydroxylation sites is 1. The van der Waals surface area contributed by atoms with E-state index in [-0.39, 0.29) is 12.1 Å². The highest BCUT2D eigenvalue weighted by Gasteiger charge is 2.46. The zero-order chi connectivity index (χ0) is 14.4. The van der Waals surface area contributed by atoms with Gasteiger partial charge in [0.15, 0.2) is 0 Å². The Kier molecular flexibility index (Phi) is 2.84. The first-order chi connectivity index (χ1) is 10.2. The van der Waals surface area contributed by atoms with Crippen LogP contribution in [0.4, 0.5) is 4.79 Å². The molecule has 108 valence electrons. The molecule has 3 atom stereocenters. The zero-order valence-corrected chi connectivity index (χ0v) is 12.1. The van der Waals surface area contributed by atoms with E-state index in [1.807, 2.05) is 42.2 Å². The number of likely N-dealkylation sites (tertiary alicyclic amines) is 1. The monoisotopic (exact) mass is 281 g/mol. The molecular formula is C17H19N3O. The van der Waals surface area contributed by atoms with E-state index in [1.54, 1.807) is 6.20 Å². The fraction of sp³-hybridized carbons (Fsp3) is 0.412. The first-order valence-electron chi connectivity index (χ1n) is 7.61. The van der Waals surface area contributed by atoms with Gasteiger partial charge in [0.2, 0.25) is 0 Å². The molecule has 1 saturated carbocycles. The van der Waals surface area contributed by atoms with Gasteiger partial charge < -0.3 is 10.2 Å². The van der Waals surface area contributed by atoms with Crippen molar-refractivity contribution in [2.45, 2.75) is 19.4 Å². The van der Waals surface area contributed by atoms with E-state index in [9.17, 15) is 4.79 Å². The lowest BCUT2D eigenvalue weighted by Gasteiger charge is -2.22. The Morgan fingerprint density at radius 1 is 1.29 bits per heavy atom. The Morgan fingerprint density at radius 2 is 2.05 bits per heavy atom. The molecule has 1 aromatic carbocycles. The van der Waals surface area contributed by atoms with Crippen molar-refractivity contribution in [2.24, 2.45) is 11.8 Å². The molecule has 0 spiro atoms. The number of hydrogen-bond acceptors (Lipinski definition) is 2. The summed E-state index contributed by atoms with van der Waals surface area (Å²) in [5.74, 6) is 1.54. The summed E-state index contributed by atoms with van der Waals surface area (Å²) in [6.07, 6.45) is 3.11. The molecule has 0 radical (unpaired) electrons. The number of pyridine rings is 1. The van der Waals surface area contributed by atoms with Crippen LogP contribution in [0.15, 0.2) is 36.5 Å². The van der Waals surface area contributed by atoms with E-state index >= 15 is 0 Å². The number of amides is 2. The number of carbonyl (C=O) groups is 1. The van der Waals surface area contributed by atoms with Crippen molar-refractivity contribution in [1.29, 1.82) is 0 Å². The normalized spacial score (nSPS) is 24.7. The molecule has 1 aromatic heterocycles. The van der Waals surface area contributed by atoms with E-state index in [1.165, 1.54) is 6.42 Å². The van der Waals surface area contributed by atoms with E-state index < -0.39 is 0 Å². The van der Waals surface area contributed by atoms with Gasteiger partial charge in [0, 0.05) is 30.2 Å². The molecule has 1 N–H and O–H groups in total. The number of carbonyl (C=O) groups excluding carboxylic acids is 1. The number of nitrogens with one attached hydrogen (secondary N) is 1. The van der Waals surface area contributed by atoms with E-state index in [2.05, 4.69) is 10.3 Å². The highest BCUT2D eigenvalue weighted by Crippen LogP contribution is 2.44. The summed E-state index contributed by atoms with van der Waals surface area (Å²) >= 11 is 0. The van der Waals surface area contributed by atoms with Gasteiger partial charge in [0.05, 0.1) is 11.6 Å². The minimum absolute atomic E-state index is 0.0342. The van der Waals surface area contributed by atoms with Gasteiger partial charge in [-0.15, -0.1) is 0 Å². The Labute approximate surface area is 124 Å². The Bertz CT molecular complexity index is 684. The quantitative estimate of drug-likeness (QED) is 0.920. The summed E-state index contributed by atoms with van der Waals surface area (Å²) in [6, 6.07) is 10.1. The summed E-state index contributed by atoms with van der Waals surface area (Å²) in [5, 5.41) is 4.23. The van der Waals surface area contributed by atoms with Gasteiger partial charge in [-0.1, -0.05) is 24.3 Å². The number of urea groups is 1. The second-order valence-corrected chi connectivity index (χ2v) is 6.25. The second-order valence-electron chi connectivity index (χ2n) is 6.25. The average molecular weight is 281 g/mol. The van der Waals surface area contributed by atoms with Crippen molar-refractivity contribution >= 4 is 16.9 Å². The third kappa shape index (κ3) is 2.24. The third-order valence-corrected chi connectivity index (χ3v) is 4.74. The fourth-order valence-corrected chi connectivity index (χ4v) is 3.40. The molecule has 2 heterocycles. The molecule has 3 unspecified atom stereocenters. The minimum Gasteiger partial charge on any atom is -0.331 e. The van der Waals surface area contributed by atoms with Crippen LogP contribution in [0.2, 0.25) is 0 Å². The predicted octanol–water partition coefficient (Wildman–Crippen LogP) is 2.96. The second kappa shape index (κ2) is 4.72. The number of nitrogens with zero attached hydrogens (tertiary/aromatic N) is 2. The molecule has 2 fully saturated rings. The highest BCUT2D eigenvalue weighted by molar-refractivity contribution is 5.83. The number of aromatic nitrogens is 1. The molecule has 1 aliphatic carbocycles. The molecule has 2 amide bonds. The van der Waals surface area contributed by atoms with Gasteiger partial charge in [-0.05, 0) is 31.2 Å². The lowest BCUT2D eigenvalue weighted by atomic mass is 10.0. The third-order valence-electron chi connectivity index (χ3n) is 4.74. The highest BCUT2D eigenvalue weighted by atomic mass is 16.2. The van der Waals surface area contributed by atoms with Crippen molar-refractivity contribution in [3.05, 3.63) is 42.1 Å². The first-order valence-corrected chi connectivity index (χ1v) is 7.61. The summed E-state index contributed by atoms with van der Waals surface area (Å²) in [7, 11) is 0. The van der Waals surface area contributed by atoms with Crippen LogP contribution in [0.25, 0.3) is 10.9 Å². The van der Waals surface area contributed by atoms with Crippen LogP contribution in [-0.4, -0.2) is 29.0 Å². The maximum absolute atomic E-state index is 12.3. The number of rotatable bonds is 2. The molecule has 4 heteroatoms. The minimum atomic E-state index is -0.0342. The van der Waals surface area contributed by atoms with Crippen molar-refractivity contribution in [3.8, 4) is 0 Å². The smallest absolute Gasteiger partial charge is 0.317 e. The Morgan fingerprint density at radius 3 is 2.86 bits per heavy atom. The van der Waals surface area contributed by atoms with Gasteiger partial charge >= 0.3 is 6.03 Å². The topological polar surface area (TPSA) is 45.2 Å². The lowest BCUT2D eigenvalue weighted by Crippen LogP contribution is -2.40. The Hall–Kier alpha value is -2.10. The van der Waals surface area contributed by atoms with Crippen molar-refractivity contribution < 1.29 is 4.79 Å². The van der Waals surface area contributed by atoms with Gasteiger partial charge in [0.1, 0.15) is 0 Å². The van der Waals surface area contributed by atoms with Gasteiger partial charge in [-0.3, -0.25) is 4.98 Å². The maximum Gasteiger partial charge on any atom is 0.317 e. The number of benzene rings is 1. The van der Waals surface area contributed by atoms with Crippen molar-refractivity contribution in [2.75, 3.05) is 13.1 Å². The van der Waals surface area contributed by atoms with Crippen LogP contribution in [0, 0.1) is 11.8 Å². The predicted molar refractivity (Wildman–Crippen MR) is 81.9 cm³/mol. The number of fused-ring (bicyclic) bond motifs is 2. The average Bonchev–Trinajstić information content (AvgIpc) is 3.12. The van der Waals surface area contributed by atoms with Gasteiger partial charge in [-0.2, -0.15) is 0 Å². The van der Waals surface area contributed by atoms with Crippen LogP contribution >= 0.6 is 0 Å². The molecule has 4 nitrogen and oxygen atoms in total. The molecule has 0 bridgehead atoms. The molecule has 1 saturated heterocycles. The maximum atomic E-state index is 12.3.